The number of amides is 3. The van der Waals surface area contributed by atoms with Crippen LogP contribution in [-0.2, 0) is 4.79 Å². The fourth-order valence-electron chi connectivity index (χ4n) is 1.56. The summed E-state index contributed by atoms with van der Waals surface area (Å²) >= 11 is 2.81. The third kappa shape index (κ3) is 5.53. The molecule has 0 saturated carbocycles. The largest absolute Gasteiger partial charge is 0.338 e. The van der Waals surface area contributed by atoms with Crippen LogP contribution in [0.5, 0.6) is 0 Å². The van der Waals surface area contributed by atoms with Crippen molar-refractivity contribution >= 4 is 47.2 Å². The quantitative estimate of drug-likeness (QED) is 0.694. The van der Waals surface area contributed by atoms with E-state index < -0.39 is 11.3 Å². The molecule has 0 aliphatic heterocycles. The van der Waals surface area contributed by atoms with Crippen molar-refractivity contribution in [2.75, 3.05) is 6.54 Å². The highest BCUT2D eigenvalue weighted by Crippen LogP contribution is 2.20. The normalized spacial score (nSPS) is 12.3. The van der Waals surface area contributed by atoms with Gasteiger partial charge in [0.15, 0.2) is 0 Å². The number of H-pyrrole nitrogens is 1. The van der Waals surface area contributed by atoms with Crippen molar-refractivity contribution in [2.24, 2.45) is 0 Å². The minimum atomic E-state index is -0.500. The Morgan fingerprint density at radius 1 is 1.48 bits per heavy atom. The smallest absolute Gasteiger partial charge is 0.321 e. The number of imide groups is 1. The number of aromatic nitrogens is 3. The van der Waals surface area contributed by atoms with E-state index in [0.29, 0.717) is 17.5 Å². The third-order valence-electron chi connectivity index (χ3n) is 2.66. The Hall–Kier alpha value is -2.13. The number of nitrogens with one attached hydrogen (secondary N) is 3. The average molecular weight is 351 g/mol. The van der Waals surface area contributed by atoms with Crippen molar-refractivity contribution < 1.29 is 9.59 Å². The summed E-state index contributed by atoms with van der Waals surface area (Å²) in [5.74, 6) is 0.221. The Morgan fingerprint density at radius 3 is 3.00 bits per heavy atom. The van der Waals surface area contributed by atoms with E-state index in [0.717, 1.165) is 4.88 Å². The Balaban J connectivity index is 1.88. The van der Waals surface area contributed by atoms with Crippen molar-refractivity contribution in [3.05, 3.63) is 28.2 Å². The summed E-state index contributed by atoms with van der Waals surface area (Å²) in [6, 6.07) is 3.47. The van der Waals surface area contributed by atoms with Crippen LogP contribution in [0.1, 0.15) is 24.5 Å². The molecule has 0 aliphatic carbocycles. The molecule has 3 N–H and O–H groups in total. The summed E-state index contributed by atoms with van der Waals surface area (Å²) in [6.07, 6.45) is 3.76. The average Bonchev–Trinajstić information content (AvgIpc) is 3.16. The zero-order chi connectivity index (χ0) is 16.7. The maximum Gasteiger partial charge on any atom is 0.321 e. The topological polar surface area (TPSA) is 99.8 Å². The Morgan fingerprint density at radius 2 is 2.30 bits per heavy atom. The van der Waals surface area contributed by atoms with Crippen molar-refractivity contribution in [3.63, 3.8) is 0 Å². The van der Waals surface area contributed by atoms with Crippen LogP contribution in [0.4, 0.5) is 4.79 Å². The van der Waals surface area contributed by atoms with Gasteiger partial charge < -0.3 is 5.32 Å². The molecule has 0 bridgehead atoms. The number of nitrogens with zero attached hydrogens (tertiary/aromatic N) is 2. The number of thiophene rings is 1. The maximum absolute atomic E-state index is 11.8. The van der Waals surface area contributed by atoms with Crippen LogP contribution in [0.15, 0.2) is 22.7 Å². The van der Waals surface area contributed by atoms with E-state index >= 15 is 0 Å². The summed E-state index contributed by atoms with van der Waals surface area (Å²) < 4.78 is 0. The number of aromatic amines is 1. The fourth-order valence-corrected chi connectivity index (χ4v) is 2.91. The Kier molecular flexibility index (Phi) is 6.36. The summed E-state index contributed by atoms with van der Waals surface area (Å²) in [5.41, 5.74) is 0. The minimum Gasteiger partial charge on any atom is -0.338 e. The molecule has 0 saturated heterocycles. The lowest BCUT2D eigenvalue weighted by molar-refractivity contribution is -0.119. The molecule has 0 spiro atoms. The molecule has 2 rings (SSSR count). The summed E-state index contributed by atoms with van der Waals surface area (Å²) in [7, 11) is 0. The van der Waals surface area contributed by atoms with Gasteiger partial charge in [-0.2, -0.15) is 0 Å². The van der Waals surface area contributed by atoms with E-state index in [1.165, 1.54) is 11.8 Å². The van der Waals surface area contributed by atoms with Crippen LogP contribution in [0.25, 0.3) is 12.2 Å². The van der Waals surface area contributed by atoms with E-state index in [1.807, 2.05) is 29.7 Å². The molecule has 2 heterocycles. The lowest BCUT2D eigenvalue weighted by Crippen LogP contribution is -2.42. The van der Waals surface area contributed by atoms with Crippen LogP contribution >= 0.6 is 23.1 Å². The number of hydrogen-bond donors (Lipinski definition) is 3. The van der Waals surface area contributed by atoms with E-state index in [-0.39, 0.29) is 5.91 Å². The van der Waals surface area contributed by atoms with Gasteiger partial charge in [-0.3, -0.25) is 15.2 Å². The molecule has 1 atom stereocenters. The second-order valence-electron chi connectivity index (χ2n) is 4.46. The first-order valence-electron chi connectivity index (χ1n) is 6.98. The van der Waals surface area contributed by atoms with Crippen molar-refractivity contribution in [3.8, 4) is 0 Å². The van der Waals surface area contributed by atoms with Crippen LogP contribution in [0.2, 0.25) is 0 Å². The third-order valence-corrected chi connectivity index (χ3v) is 4.45. The number of hydrogen-bond acceptors (Lipinski definition) is 6. The first-order chi connectivity index (χ1) is 11.1. The molecular formula is C14H17N5O2S2. The molecular weight excluding hydrogens is 334 g/mol. The van der Waals surface area contributed by atoms with Gasteiger partial charge in [-0.1, -0.05) is 17.8 Å². The van der Waals surface area contributed by atoms with Gasteiger partial charge in [0.1, 0.15) is 5.82 Å². The van der Waals surface area contributed by atoms with Crippen molar-refractivity contribution in [1.82, 2.24) is 25.8 Å². The van der Waals surface area contributed by atoms with E-state index in [9.17, 15) is 9.59 Å². The van der Waals surface area contributed by atoms with Crippen LogP contribution in [0.3, 0.4) is 0 Å². The lowest BCUT2D eigenvalue weighted by Gasteiger charge is -2.09. The van der Waals surface area contributed by atoms with Gasteiger partial charge >= 0.3 is 6.03 Å². The van der Waals surface area contributed by atoms with Crippen molar-refractivity contribution in [2.45, 2.75) is 24.3 Å². The zero-order valence-corrected chi connectivity index (χ0v) is 14.3. The number of carbonyl (C=O) groups excluding carboxylic acids is 2. The highest BCUT2D eigenvalue weighted by molar-refractivity contribution is 8.00. The lowest BCUT2D eigenvalue weighted by atomic mass is 10.4. The second kappa shape index (κ2) is 8.49. The van der Waals surface area contributed by atoms with Gasteiger partial charge in [0.25, 0.3) is 0 Å². The highest BCUT2D eigenvalue weighted by atomic mass is 32.2. The van der Waals surface area contributed by atoms with Crippen LogP contribution < -0.4 is 10.6 Å². The van der Waals surface area contributed by atoms with Gasteiger partial charge in [0.2, 0.25) is 11.1 Å². The molecule has 122 valence electrons. The molecule has 0 radical (unpaired) electrons. The van der Waals surface area contributed by atoms with Gasteiger partial charge in [0, 0.05) is 11.4 Å². The van der Waals surface area contributed by atoms with E-state index in [4.69, 9.17) is 0 Å². The molecule has 0 aliphatic rings. The molecule has 23 heavy (non-hydrogen) atoms. The van der Waals surface area contributed by atoms with Crippen LogP contribution in [-0.4, -0.2) is 38.9 Å². The van der Waals surface area contributed by atoms with E-state index in [2.05, 4.69) is 25.8 Å². The van der Waals surface area contributed by atoms with Crippen molar-refractivity contribution in [1.29, 1.82) is 0 Å². The molecule has 0 fully saturated rings. The Bertz CT molecular complexity index is 681. The number of thioether (sulfide) groups is 1. The standard InChI is InChI=1S/C14H17N5O2S2/c1-3-15-13(21)17-12(20)9(2)23-14-16-11(18-19-14)7-6-10-5-4-8-22-10/h4-9H,3H2,1-2H3,(H,16,18,19)(H2,15,17,20,21). The molecule has 1 unspecified atom stereocenters. The van der Waals surface area contributed by atoms with Gasteiger partial charge in [-0.25, -0.2) is 9.78 Å². The first-order valence-corrected chi connectivity index (χ1v) is 8.73. The molecule has 2 aromatic rings. The molecule has 3 amide bonds. The zero-order valence-electron chi connectivity index (χ0n) is 12.7. The molecule has 2 aromatic heterocycles. The molecule has 9 heteroatoms. The van der Waals surface area contributed by atoms with Gasteiger partial charge in [0.05, 0.1) is 5.25 Å². The minimum absolute atomic E-state index is 0.388. The first kappa shape index (κ1) is 17.2. The number of urea groups is 1. The predicted molar refractivity (Wildman–Crippen MR) is 92.2 cm³/mol. The SMILES string of the molecule is CCNC(=O)NC(=O)C(C)Sc1n[nH]c(C=Cc2cccs2)n1. The highest BCUT2D eigenvalue weighted by Gasteiger charge is 2.18. The van der Waals surface area contributed by atoms with Crippen LogP contribution in [0, 0.1) is 0 Å². The van der Waals surface area contributed by atoms with E-state index in [1.54, 1.807) is 25.2 Å². The number of rotatable bonds is 6. The second-order valence-corrected chi connectivity index (χ2v) is 6.75. The fraction of sp³-hybridized carbons (Fsp3) is 0.286. The summed E-state index contributed by atoms with van der Waals surface area (Å²) in [4.78, 5) is 28.6. The summed E-state index contributed by atoms with van der Waals surface area (Å²) in [6.45, 7) is 3.93. The van der Waals surface area contributed by atoms with Gasteiger partial charge in [-0.15, -0.1) is 16.4 Å². The number of carbonyl (C=O) groups is 2. The molecule has 0 aromatic carbocycles. The maximum atomic E-state index is 11.8. The Labute approximate surface area is 142 Å². The molecule has 7 nitrogen and oxygen atoms in total. The summed E-state index contributed by atoms with van der Waals surface area (Å²) in [5, 5.41) is 13.6. The predicted octanol–water partition coefficient (Wildman–Crippen LogP) is 2.36. The monoisotopic (exact) mass is 351 g/mol. The van der Waals surface area contributed by atoms with Gasteiger partial charge in [-0.05, 0) is 37.4 Å².